The number of hydrogen-bond acceptors (Lipinski definition) is 6. The summed E-state index contributed by atoms with van der Waals surface area (Å²) >= 11 is 13.8. The Hall–Kier alpha value is -2.87. The average Bonchev–Trinajstić information content (AvgIpc) is 3.10. The lowest BCUT2D eigenvalue weighted by Crippen LogP contribution is -2.39. The number of hydrogen-bond donors (Lipinski definition) is 0. The maximum Gasteiger partial charge on any atom is 0.338 e. The van der Waals surface area contributed by atoms with Crippen LogP contribution in [0.2, 0.25) is 10.0 Å². The van der Waals surface area contributed by atoms with Gasteiger partial charge in [0.25, 0.3) is 5.56 Å². The number of esters is 1. The molecule has 0 radical (unpaired) electrons. The van der Waals surface area contributed by atoms with Gasteiger partial charge in [-0.1, -0.05) is 52.7 Å². The highest BCUT2D eigenvalue weighted by atomic mass is 35.5. The van der Waals surface area contributed by atoms with Gasteiger partial charge in [0.05, 0.1) is 35.6 Å². The van der Waals surface area contributed by atoms with Crippen LogP contribution in [-0.4, -0.2) is 24.3 Å². The van der Waals surface area contributed by atoms with Crippen LogP contribution in [0.25, 0.3) is 6.08 Å². The van der Waals surface area contributed by atoms with E-state index in [1.165, 1.54) is 15.9 Å². The highest BCUT2D eigenvalue weighted by Crippen LogP contribution is 2.31. The van der Waals surface area contributed by atoms with E-state index in [1.54, 1.807) is 57.4 Å². The first-order chi connectivity index (χ1) is 15.8. The minimum Gasteiger partial charge on any atom is -0.497 e. The summed E-state index contributed by atoms with van der Waals surface area (Å²) in [6.45, 7) is 3.68. The van der Waals surface area contributed by atoms with Gasteiger partial charge in [0.1, 0.15) is 5.75 Å². The second-order valence-corrected chi connectivity index (χ2v) is 9.03. The van der Waals surface area contributed by atoms with Gasteiger partial charge in [0.2, 0.25) is 0 Å². The van der Waals surface area contributed by atoms with Crippen LogP contribution in [-0.2, 0) is 9.53 Å². The molecule has 3 aromatic rings. The van der Waals surface area contributed by atoms with Gasteiger partial charge >= 0.3 is 5.97 Å². The number of carbonyl (C=O) groups is 1. The van der Waals surface area contributed by atoms with Crippen LogP contribution in [0.4, 0.5) is 0 Å². The van der Waals surface area contributed by atoms with Gasteiger partial charge < -0.3 is 9.47 Å². The summed E-state index contributed by atoms with van der Waals surface area (Å²) < 4.78 is 12.5. The Labute approximate surface area is 204 Å². The number of nitrogens with zero attached hydrogens (tertiary/aromatic N) is 2. The van der Waals surface area contributed by atoms with Crippen molar-refractivity contribution in [3.8, 4) is 5.75 Å². The van der Waals surface area contributed by atoms with Crippen LogP contribution < -0.4 is 19.6 Å². The number of rotatable bonds is 5. The van der Waals surface area contributed by atoms with Gasteiger partial charge in [-0.2, -0.15) is 0 Å². The molecule has 170 valence electrons. The molecular weight excluding hydrogens is 483 g/mol. The highest BCUT2D eigenvalue weighted by Gasteiger charge is 2.33. The lowest BCUT2D eigenvalue weighted by Gasteiger charge is -2.24. The molecule has 1 aliphatic rings. The fourth-order valence-corrected chi connectivity index (χ4v) is 5.21. The molecule has 0 fully saturated rings. The zero-order valence-corrected chi connectivity index (χ0v) is 20.4. The topological polar surface area (TPSA) is 69.9 Å². The molecule has 6 nitrogen and oxygen atoms in total. The molecule has 0 N–H and O–H groups in total. The molecule has 0 spiro atoms. The summed E-state index contributed by atoms with van der Waals surface area (Å²) in [5, 5.41) is 0.867. The molecule has 0 saturated carbocycles. The van der Waals surface area contributed by atoms with Gasteiger partial charge in [-0.3, -0.25) is 9.36 Å². The van der Waals surface area contributed by atoms with Crippen molar-refractivity contribution >= 4 is 46.6 Å². The maximum atomic E-state index is 13.6. The van der Waals surface area contributed by atoms with Crippen molar-refractivity contribution in [1.29, 1.82) is 0 Å². The molecule has 1 unspecified atom stereocenters. The Morgan fingerprint density at radius 1 is 1.18 bits per heavy atom. The second kappa shape index (κ2) is 9.55. The first kappa shape index (κ1) is 23.3. The fraction of sp³-hybridized carbons (Fsp3) is 0.208. The predicted octanol–water partition coefficient (Wildman–Crippen LogP) is 4.11. The number of carbonyl (C=O) groups excluding carboxylic acids is 1. The number of ether oxygens (including phenoxy) is 2. The van der Waals surface area contributed by atoms with Gasteiger partial charge in [0, 0.05) is 15.6 Å². The van der Waals surface area contributed by atoms with Gasteiger partial charge in [-0.15, -0.1) is 0 Å². The number of allylic oxidation sites excluding steroid dienone is 1. The summed E-state index contributed by atoms with van der Waals surface area (Å²) in [5.74, 6) is 0.154. The summed E-state index contributed by atoms with van der Waals surface area (Å²) in [7, 11) is 1.58. The summed E-state index contributed by atoms with van der Waals surface area (Å²) in [6, 6.07) is 11.7. The van der Waals surface area contributed by atoms with Crippen molar-refractivity contribution < 1.29 is 14.3 Å². The van der Waals surface area contributed by atoms with E-state index in [1.807, 2.05) is 12.1 Å². The molecule has 2 aromatic carbocycles. The van der Waals surface area contributed by atoms with Crippen LogP contribution in [0.3, 0.4) is 0 Å². The highest BCUT2D eigenvalue weighted by molar-refractivity contribution is 7.07. The summed E-state index contributed by atoms with van der Waals surface area (Å²) in [4.78, 5) is 31.5. The van der Waals surface area contributed by atoms with Crippen LogP contribution in [0.5, 0.6) is 5.75 Å². The first-order valence-corrected chi connectivity index (χ1v) is 11.7. The Morgan fingerprint density at radius 2 is 1.85 bits per heavy atom. The Balaban J connectivity index is 1.97. The van der Waals surface area contributed by atoms with Crippen molar-refractivity contribution in [3.63, 3.8) is 0 Å². The third-order valence-electron chi connectivity index (χ3n) is 5.22. The Kier molecular flexibility index (Phi) is 6.74. The van der Waals surface area contributed by atoms with Crippen molar-refractivity contribution in [2.45, 2.75) is 19.9 Å². The van der Waals surface area contributed by atoms with E-state index in [2.05, 4.69) is 4.99 Å². The van der Waals surface area contributed by atoms with E-state index in [0.29, 0.717) is 42.0 Å². The Bertz CT molecular complexity index is 1420. The van der Waals surface area contributed by atoms with E-state index < -0.39 is 12.0 Å². The van der Waals surface area contributed by atoms with Crippen molar-refractivity contribution in [2.75, 3.05) is 13.7 Å². The van der Waals surface area contributed by atoms with Crippen molar-refractivity contribution in [3.05, 3.63) is 94.6 Å². The number of fused-ring (bicyclic) bond motifs is 1. The molecule has 0 amide bonds. The predicted molar refractivity (Wildman–Crippen MR) is 130 cm³/mol. The molecule has 9 heteroatoms. The van der Waals surface area contributed by atoms with Crippen molar-refractivity contribution in [2.24, 2.45) is 4.99 Å². The molecule has 1 aliphatic heterocycles. The third kappa shape index (κ3) is 4.36. The Morgan fingerprint density at radius 3 is 2.45 bits per heavy atom. The van der Waals surface area contributed by atoms with Crippen molar-refractivity contribution in [1.82, 2.24) is 4.57 Å². The van der Waals surface area contributed by atoms with Crippen LogP contribution in [0.15, 0.2) is 63.5 Å². The molecule has 1 atom stereocenters. The smallest absolute Gasteiger partial charge is 0.338 e. The maximum absolute atomic E-state index is 13.6. The molecule has 2 heterocycles. The average molecular weight is 503 g/mol. The fourth-order valence-electron chi connectivity index (χ4n) is 3.67. The van der Waals surface area contributed by atoms with Gasteiger partial charge in [0.15, 0.2) is 4.80 Å². The quantitative estimate of drug-likeness (QED) is 0.492. The van der Waals surface area contributed by atoms with Crippen LogP contribution >= 0.6 is 34.5 Å². The standard InChI is InChI=1S/C24H20Cl2N2O4S/c1-4-32-23(30)20-13(2)27-24-28(21(20)14-8-10-15(31-3)11-9-14)22(29)19(33-24)12-16-17(25)6-5-7-18(16)26/h5-12,21H,4H2,1-3H3. The normalized spacial score (nSPS) is 15.8. The van der Waals surface area contributed by atoms with E-state index in [4.69, 9.17) is 32.7 Å². The minimum atomic E-state index is -0.699. The number of thiazole rings is 1. The molecule has 0 bridgehead atoms. The van der Waals surface area contributed by atoms with E-state index in [0.717, 1.165) is 5.56 Å². The van der Waals surface area contributed by atoms with E-state index >= 15 is 0 Å². The first-order valence-electron chi connectivity index (χ1n) is 10.1. The minimum absolute atomic E-state index is 0.209. The van der Waals surface area contributed by atoms with E-state index in [-0.39, 0.29) is 12.2 Å². The molecule has 0 saturated heterocycles. The summed E-state index contributed by atoms with van der Waals surface area (Å²) in [5.41, 5.74) is 1.80. The number of aromatic nitrogens is 1. The SMILES string of the molecule is CCOC(=O)C1=C(C)N=c2sc(=Cc3c(Cl)cccc3Cl)c(=O)n2C1c1ccc(OC)cc1. The van der Waals surface area contributed by atoms with Gasteiger partial charge in [-0.25, -0.2) is 9.79 Å². The second-order valence-electron chi connectivity index (χ2n) is 7.21. The lowest BCUT2D eigenvalue weighted by molar-refractivity contribution is -0.139. The molecule has 0 aliphatic carbocycles. The lowest BCUT2D eigenvalue weighted by atomic mass is 9.96. The zero-order valence-electron chi connectivity index (χ0n) is 18.1. The number of benzene rings is 2. The zero-order chi connectivity index (χ0) is 23.7. The van der Waals surface area contributed by atoms with Crippen LogP contribution in [0.1, 0.15) is 31.0 Å². The molecule has 33 heavy (non-hydrogen) atoms. The largest absolute Gasteiger partial charge is 0.497 e. The molecule has 1 aromatic heterocycles. The van der Waals surface area contributed by atoms with Gasteiger partial charge in [-0.05, 0) is 49.8 Å². The number of halogens is 2. The summed E-state index contributed by atoms with van der Waals surface area (Å²) in [6.07, 6.45) is 1.66. The van der Waals surface area contributed by atoms with Crippen LogP contribution in [0, 0.1) is 0 Å². The monoisotopic (exact) mass is 502 g/mol. The molecular formula is C24H20Cl2N2O4S. The third-order valence-corrected chi connectivity index (χ3v) is 6.87. The number of methoxy groups -OCH3 is 1. The van der Waals surface area contributed by atoms with E-state index in [9.17, 15) is 9.59 Å². The molecule has 4 rings (SSSR count).